The fourth-order valence-electron chi connectivity index (χ4n) is 5.27. The molecule has 3 aliphatic carbocycles. The lowest BCUT2D eigenvalue weighted by atomic mass is 9.75. The van der Waals surface area contributed by atoms with Crippen LogP contribution in [0.25, 0.3) is 0 Å². The molecule has 0 unspecified atom stereocenters. The maximum Gasteiger partial charge on any atom is 0.168 e. The summed E-state index contributed by atoms with van der Waals surface area (Å²) in [6, 6.07) is 0. The Morgan fingerprint density at radius 3 is 2.82 bits per heavy atom. The zero-order chi connectivity index (χ0) is 15.7. The van der Waals surface area contributed by atoms with Crippen molar-refractivity contribution < 1.29 is 23.7 Å². The van der Waals surface area contributed by atoms with E-state index < -0.39 is 17.5 Å². The van der Waals surface area contributed by atoms with Crippen molar-refractivity contribution in [2.75, 3.05) is 13.9 Å². The Balaban J connectivity index is 1.76. The van der Waals surface area contributed by atoms with Gasteiger partial charge in [0, 0.05) is 18.9 Å². The fourth-order valence-corrected chi connectivity index (χ4v) is 5.27. The lowest BCUT2D eigenvalue weighted by molar-refractivity contribution is -0.223. The highest BCUT2D eigenvalue weighted by Gasteiger charge is 2.75. The van der Waals surface area contributed by atoms with Gasteiger partial charge < -0.3 is 18.9 Å². The third-order valence-electron chi connectivity index (χ3n) is 5.87. The average Bonchev–Trinajstić information content (AvgIpc) is 3.17. The van der Waals surface area contributed by atoms with E-state index in [1.807, 2.05) is 20.8 Å². The van der Waals surface area contributed by atoms with Gasteiger partial charge in [-0.25, -0.2) is 0 Å². The van der Waals surface area contributed by atoms with Crippen LogP contribution in [0.2, 0.25) is 0 Å². The van der Waals surface area contributed by atoms with Gasteiger partial charge >= 0.3 is 0 Å². The molecule has 5 heteroatoms. The monoisotopic (exact) mass is 308 g/mol. The first kappa shape index (κ1) is 14.8. The predicted molar refractivity (Wildman–Crippen MR) is 77.9 cm³/mol. The van der Waals surface area contributed by atoms with E-state index in [1.165, 1.54) is 0 Å². The van der Waals surface area contributed by atoms with Crippen LogP contribution >= 0.6 is 0 Å². The molecule has 122 valence electrons. The van der Waals surface area contributed by atoms with Gasteiger partial charge in [0.2, 0.25) is 0 Å². The van der Waals surface area contributed by atoms with Gasteiger partial charge in [0.25, 0.3) is 0 Å². The summed E-state index contributed by atoms with van der Waals surface area (Å²) in [6.45, 7) is 5.92. The normalized spacial score (nSPS) is 48.7. The van der Waals surface area contributed by atoms with Crippen LogP contribution in [-0.4, -0.2) is 43.3 Å². The van der Waals surface area contributed by atoms with Gasteiger partial charge in [-0.2, -0.15) is 0 Å². The molecule has 4 aliphatic rings. The average molecular weight is 308 g/mol. The number of hydrogen-bond donors (Lipinski definition) is 0. The van der Waals surface area contributed by atoms with Gasteiger partial charge in [-0.3, -0.25) is 4.79 Å². The van der Waals surface area contributed by atoms with Crippen molar-refractivity contribution in [3.05, 3.63) is 12.2 Å². The van der Waals surface area contributed by atoms with Crippen LogP contribution in [0.4, 0.5) is 0 Å². The van der Waals surface area contributed by atoms with Crippen LogP contribution in [0.15, 0.2) is 12.2 Å². The number of hydrogen-bond acceptors (Lipinski definition) is 5. The van der Waals surface area contributed by atoms with E-state index in [0.29, 0.717) is 11.8 Å². The predicted octanol–water partition coefficient (Wildman–Crippen LogP) is 1.91. The third kappa shape index (κ3) is 1.71. The Kier molecular flexibility index (Phi) is 3.12. The molecule has 7 atom stereocenters. The summed E-state index contributed by atoms with van der Waals surface area (Å²) in [6.07, 6.45) is 4.71. The van der Waals surface area contributed by atoms with Crippen molar-refractivity contribution in [3.63, 3.8) is 0 Å². The largest absolute Gasteiger partial charge is 0.359 e. The number of fused-ring (bicyclic) bond motifs is 7. The smallest absolute Gasteiger partial charge is 0.168 e. The van der Waals surface area contributed by atoms with E-state index in [2.05, 4.69) is 12.2 Å². The van der Waals surface area contributed by atoms with Crippen LogP contribution in [0.5, 0.6) is 0 Å². The molecule has 1 aliphatic heterocycles. The van der Waals surface area contributed by atoms with Crippen molar-refractivity contribution in [1.29, 1.82) is 0 Å². The minimum absolute atomic E-state index is 0.0182. The summed E-state index contributed by atoms with van der Waals surface area (Å²) in [7, 11) is 1.60. The van der Waals surface area contributed by atoms with Crippen LogP contribution in [0.3, 0.4) is 0 Å². The third-order valence-corrected chi connectivity index (χ3v) is 5.87. The topological polar surface area (TPSA) is 54.0 Å². The molecule has 5 nitrogen and oxygen atoms in total. The number of ether oxygens (including phenoxy) is 4. The van der Waals surface area contributed by atoms with E-state index in [9.17, 15) is 4.79 Å². The summed E-state index contributed by atoms with van der Waals surface area (Å²) in [5, 5.41) is 0. The zero-order valence-electron chi connectivity index (χ0n) is 13.6. The molecule has 22 heavy (non-hydrogen) atoms. The molecule has 0 amide bonds. The van der Waals surface area contributed by atoms with E-state index in [1.54, 1.807) is 7.11 Å². The number of rotatable bonds is 4. The summed E-state index contributed by atoms with van der Waals surface area (Å²) in [5.74, 6) is 0.324. The fraction of sp³-hybridized carbons (Fsp3) is 0.824. The van der Waals surface area contributed by atoms with E-state index in [0.717, 1.165) is 6.42 Å². The number of methoxy groups -OCH3 is 1. The number of carbonyl (C=O) groups is 1. The van der Waals surface area contributed by atoms with Crippen LogP contribution in [-0.2, 0) is 23.7 Å². The van der Waals surface area contributed by atoms with Crippen molar-refractivity contribution >= 4 is 5.78 Å². The van der Waals surface area contributed by atoms with Crippen molar-refractivity contribution in [1.82, 2.24) is 0 Å². The van der Waals surface area contributed by atoms with Crippen LogP contribution < -0.4 is 0 Å². The highest BCUT2D eigenvalue weighted by atomic mass is 16.8. The molecule has 1 heterocycles. The molecule has 0 aromatic carbocycles. The van der Waals surface area contributed by atoms with Gasteiger partial charge in [-0.05, 0) is 39.0 Å². The summed E-state index contributed by atoms with van der Waals surface area (Å²) in [5.41, 5.74) is -0.700. The summed E-state index contributed by atoms with van der Waals surface area (Å²) >= 11 is 0. The maximum absolute atomic E-state index is 13.0. The van der Waals surface area contributed by atoms with Gasteiger partial charge in [-0.1, -0.05) is 12.2 Å². The minimum atomic E-state index is -0.762. The molecule has 0 radical (unpaired) electrons. The Labute approximate surface area is 130 Å². The molecule has 3 fully saturated rings. The summed E-state index contributed by atoms with van der Waals surface area (Å²) in [4.78, 5) is 13.0. The first-order valence-corrected chi connectivity index (χ1v) is 8.11. The van der Waals surface area contributed by atoms with E-state index in [-0.39, 0.29) is 30.5 Å². The first-order chi connectivity index (χ1) is 10.4. The molecule has 0 aromatic heterocycles. The highest BCUT2D eigenvalue weighted by Crippen LogP contribution is 2.64. The second-order valence-corrected chi connectivity index (χ2v) is 7.47. The van der Waals surface area contributed by atoms with Gasteiger partial charge in [0.15, 0.2) is 17.7 Å². The Morgan fingerprint density at radius 2 is 2.09 bits per heavy atom. The van der Waals surface area contributed by atoms with Crippen molar-refractivity contribution in [2.45, 2.75) is 50.8 Å². The molecule has 0 aromatic rings. The van der Waals surface area contributed by atoms with Crippen molar-refractivity contribution in [2.24, 2.45) is 23.7 Å². The van der Waals surface area contributed by atoms with Gasteiger partial charge in [-0.15, -0.1) is 0 Å². The molecule has 2 bridgehead atoms. The lowest BCUT2D eigenvalue weighted by Gasteiger charge is -2.40. The highest BCUT2D eigenvalue weighted by molar-refractivity contribution is 5.92. The summed E-state index contributed by atoms with van der Waals surface area (Å²) < 4.78 is 23.3. The van der Waals surface area contributed by atoms with Crippen LogP contribution in [0.1, 0.15) is 27.2 Å². The standard InChI is InChI=1S/C17H24O5/c1-9(20-8-19-4)17-13-11-6-5-10(7-11)12(13)14(18)15(17)21-16(2,3)22-17/h5-6,9-13,15H,7-8H2,1-4H3/t9-,10-,11+,12-,13+,15+,17-/m1/s1. The SMILES string of the molecule is COCO[C@H](C)[C@]12OC(C)(C)O[C@H]1C(=O)[C@H]1[C@@H]2[C@H]2C=C[C@@H]1C2. The van der Waals surface area contributed by atoms with E-state index >= 15 is 0 Å². The Bertz CT molecular complexity index is 527. The first-order valence-electron chi connectivity index (χ1n) is 8.11. The van der Waals surface area contributed by atoms with Gasteiger partial charge in [0.1, 0.15) is 12.4 Å². The lowest BCUT2D eigenvalue weighted by Crippen LogP contribution is -2.54. The molecule has 0 spiro atoms. The molecule has 1 saturated heterocycles. The second kappa shape index (κ2) is 4.63. The number of Topliss-reactive ketones (excluding diaryl/α,β-unsaturated/α-hetero) is 1. The van der Waals surface area contributed by atoms with E-state index in [4.69, 9.17) is 18.9 Å². The zero-order valence-corrected chi connectivity index (χ0v) is 13.6. The molecule has 4 rings (SSSR count). The maximum atomic E-state index is 13.0. The molecule has 0 N–H and O–H groups in total. The second-order valence-electron chi connectivity index (χ2n) is 7.47. The quantitative estimate of drug-likeness (QED) is 0.586. The Morgan fingerprint density at radius 1 is 1.36 bits per heavy atom. The van der Waals surface area contributed by atoms with Gasteiger partial charge in [0.05, 0.1) is 6.10 Å². The van der Waals surface area contributed by atoms with Crippen molar-refractivity contribution in [3.8, 4) is 0 Å². The minimum Gasteiger partial charge on any atom is -0.359 e. The van der Waals surface area contributed by atoms with Crippen LogP contribution in [0, 0.1) is 23.7 Å². The number of carbonyl (C=O) groups excluding carboxylic acids is 1. The number of allylic oxidation sites excluding steroid dienone is 2. The molecular formula is C17H24O5. The number of ketones is 1. The molecular weight excluding hydrogens is 284 g/mol. The Hall–Kier alpha value is -0.750. The molecule has 2 saturated carbocycles.